The predicted molar refractivity (Wildman–Crippen MR) is 82.7 cm³/mol. The molecule has 1 aromatic rings. The molecule has 2 aliphatic heterocycles. The highest BCUT2D eigenvalue weighted by Crippen LogP contribution is 2.39. The van der Waals surface area contributed by atoms with Gasteiger partial charge in [-0.3, -0.25) is 0 Å². The van der Waals surface area contributed by atoms with Crippen molar-refractivity contribution in [1.82, 2.24) is 0 Å². The van der Waals surface area contributed by atoms with E-state index in [1.54, 1.807) is 18.9 Å². The molecular weight excluding hydrogens is 304 g/mol. The van der Waals surface area contributed by atoms with Crippen LogP contribution in [0.2, 0.25) is 0 Å². The molecule has 0 radical (unpaired) electrons. The van der Waals surface area contributed by atoms with Crippen molar-refractivity contribution in [3.8, 4) is 0 Å². The van der Waals surface area contributed by atoms with Crippen LogP contribution in [0.4, 0.5) is 0 Å². The Morgan fingerprint density at radius 3 is 2.68 bits per heavy atom. The Bertz CT molecular complexity index is 495. The van der Waals surface area contributed by atoms with Crippen LogP contribution in [0.25, 0.3) is 0 Å². The lowest BCUT2D eigenvalue weighted by Crippen LogP contribution is -2.43. The summed E-state index contributed by atoms with van der Waals surface area (Å²) in [4.78, 5) is 1.11. The van der Waals surface area contributed by atoms with Crippen molar-refractivity contribution >= 4 is 11.8 Å². The molecule has 0 aliphatic carbocycles. The number of aliphatic hydroxyl groups is 1. The minimum atomic E-state index is -0.680. The lowest BCUT2D eigenvalue weighted by atomic mass is 10.1. The fraction of sp³-hybridized carbons (Fsp3) is 0.625. The SMILES string of the molecule is CO[C@@H]1[C@H]2OC(C)(C)O[C@H]2O[C@@H]1C(O)CSc1ccccc1. The fourth-order valence-electron chi connectivity index (χ4n) is 2.88. The number of aliphatic hydroxyl groups excluding tert-OH is 1. The normalized spacial score (nSPS) is 34.5. The van der Waals surface area contributed by atoms with Crippen molar-refractivity contribution in [3.05, 3.63) is 30.3 Å². The van der Waals surface area contributed by atoms with Crippen molar-refractivity contribution in [2.24, 2.45) is 0 Å². The third-order valence-electron chi connectivity index (χ3n) is 3.84. The van der Waals surface area contributed by atoms with E-state index in [1.807, 2.05) is 44.2 Å². The van der Waals surface area contributed by atoms with Gasteiger partial charge in [0.15, 0.2) is 12.1 Å². The van der Waals surface area contributed by atoms with Gasteiger partial charge in [-0.05, 0) is 26.0 Å². The van der Waals surface area contributed by atoms with Gasteiger partial charge in [0.05, 0.1) is 6.10 Å². The molecule has 0 aromatic heterocycles. The number of rotatable bonds is 5. The molecule has 0 saturated carbocycles. The van der Waals surface area contributed by atoms with E-state index in [1.165, 1.54) is 0 Å². The number of ether oxygens (including phenoxy) is 4. The van der Waals surface area contributed by atoms with Crippen LogP contribution in [0.5, 0.6) is 0 Å². The zero-order valence-corrected chi connectivity index (χ0v) is 13.8. The van der Waals surface area contributed by atoms with Crippen molar-refractivity contribution in [2.45, 2.75) is 55.2 Å². The van der Waals surface area contributed by atoms with Crippen LogP contribution in [-0.2, 0) is 18.9 Å². The van der Waals surface area contributed by atoms with E-state index in [2.05, 4.69) is 0 Å². The quantitative estimate of drug-likeness (QED) is 0.836. The maximum atomic E-state index is 10.5. The van der Waals surface area contributed by atoms with Crippen molar-refractivity contribution in [1.29, 1.82) is 0 Å². The van der Waals surface area contributed by atoms with Crippen LogP contribution in [0.3, 0.4) is 0 Å². The summed E-state index contributed by atoms with van der Waals surface area (Å²) in [5.41, 5.74) is 0. The number of fused-ring (bicyclic) bond motifs is 1. The van der Waals surface area contributed by atoms with Crippen LogP contribution >= 0.6 is 11.8 Å². The molecule has 5 nitrogen and oxygen atoms in total. The first kappa shape index (κ1) is 16.2. The standard InChI is InChI=1S/C16H22O5S/c1-16(2)20-14-13(18-3)12(19-15(14)21-16)11(17)9-22-10-7-5-4-6-8-10/h4-8,11-15,17H,9H2,1-3H3/t11?,12-,13+,14-,15-/m1/s1. The van der Waals surface area contributed by atoms with Crippen LogP contribution in [-0.4, -0.2) is 54.5 Å². The number of hydrogen-bond acceptors (Lipinski definition) is 6. The largest absolute Gasteiger partial charge is 0.389 e. The van der Waals surface area contributed by atoms with Crippen molar-refractivity contribution < 1.29 is 24.1 Å². The Balaban J connectivity index is 1.60. The minimum Gasteiger partial charge on any atom is -0.389 e. The minimum absolute atomic E-state index is 0.304. The Morgan fingerprint density at radius 1 is 1.27 bits per heavy atom. The van der Waals surface area contributed by atoms with E-state index >= 15 is 0 Å². The lowest BCUT2D eigenvalue weighted by Gasteiger charge is -2.27. The molecule has 22 heavy (non-hydrogen) atoms. The maximum Gasteiger partial charge on any atom is 0.190 e. The van der Waals surface area contributed by atoms with E-state index in [0.29, 0.717) is 5.75 Å². The Morgan fingerprint density at radius 2 is 2.00 bits per heavy atom. The van der Waals surface area contributed by atoms with E-state index in [9.17, 15) is 5.11 Å². The Hall–Kier alpha value is -0.630. The van der Waals surface area contributed by atoms with Crippen LogP contribution < -0.4 is 0 Å². The van der Waals surface area contributed by atoms with Gasteiger partial charge in [0, 0.05) is 17.8 Å². The fourth-order valence-corrected chi connectivity index (χ4v) is 3.78. The smallest absolute Gasteiger partial charge is 0.190 e. The van der Waals surface area contributed by atoms with Crippen LogP contribution in [0, 0.1) is 0 Å². The monoisotopic (exact) mass is 326 g/mol. The number of methoxy groups -OCH3 is 1. The number of hydrogen-bond donors (Lipinski definition) is 1. The van der Waals surface area contributed by atoms with Gasteiger partial charge in [-0.2, -0.15) is 0 Å². The second-order valence-corrected chi connectivity index (χ2v) is 7.05. The maximum absolute atomic E-state index is 10.5. The lowest BCUT2D eigenvalue weighted by molar-refractivity contribution is -0.226. The highest BCUT2D eigenvalue weighted by molar-refractivity contribution is 7.99. The zero-order chi connectivity index (χ0) is 15.7. The van der Waals surface area contributed by atoms with Crippen molar-refractivity contribution in [3.63, 3.8) is 0 Å². The van der Waals surface area contributed by atoms with Gasteiger partial charge in [-0.25, -0.2) is 0 Å². The van der Waals surface area contributed by atoms with Gasteiger partial charge in [-0.1, -0.05) is 18.2 Å². The zero-order valence-electron chi connectivity index (χ0n) is 13.0. The molecule has 0 amide bonds. The third kappa shape index (κ3) is 3.32. The molecule has 5 atom stereocenters. The van der Waals surface area contributed by atoms with Gasteiger partial charge in [0.1, 0.15) is 18.3 Å². The summed E-state index contributed by atoms with van der Waals surface area (Å²) >= 11 is 1.59. The molecule has 3 rings (SSSR count). The number of benzene rings is 1. The Labute approximate surface area is 134 Å². The van der Waals surface area contributed by atoms with Gasteiger partial charge in [0.25, 0.3) is 0 Å². The van der Waals surface area contributed by atoms with Gasteiger partial charge in [0.2, 0.25) is 0 Å². The van der Waals surface area contributed by atoms with E-state index in [0.717, 1.165) is 4.90 Å². The molecule has 2 saturated heterocycles. The summed E-state index contributed by atoms with van der Waals surface area (Å²) in [5.74, 6) is -0.155. The van der Waals surface area contributed by atoms with Gasteiger partial charge >= 0.3 is 0 Å². The van der Waals surface area contributed by atoms with Crippen LogP contribution in [0.1, 0.15) is 13.8 Å². The molecule has 122 valence electrons. The van der Waals surface area contributed by atoms with E-state index < -0.39 is 24.3 Å². The number of thioether (sulfide) groups is 1. The Kier molecular flexibility index (Phi) is 4.77. The second-order valence-electron chi connectivity index (χ2n) is 5.96. The summed E-state index contributed by atoms with van der Waals surface area (Å²) in [7, 11) is 1.61. The van der Waals surface area contributed by atoms with Crippen LogP contribution in [0.15, 0.2) is 35.2 Å². The van der Waals surface area contributed by atoms with E-state index in [-0.39, 0.29) is 12.2 Å². The summed E-state index contributed by atoms with van der Waals surface area (Å²) in [6, 6.07) is 9.97. The topological polar surface area (TPSA) is 57.2 Å². The summed E-state index contributed by atoms with van der Waals surface area (Å²) in [5, 5.41) is 10.5. The van der Waals surface area contributed by atoms with E-state index in [4.69, 9.17) is 18.9 Å². The first-order chi connectivity index (χ1) is 10.5. The molecule has 0 spiro atoms. The van der Waals surface area contributed by atoms with Crippen molar-refractivity contribution in [2.75, 3.05) is 12.9 Å². The molecule has 0 bridgehead atoms. The highest BCUT2D eigenvalue weighted by atomic mass is 32.2. The summed E-state index contributed by atoms with van der Waals surface area (Å²) in [6.45, 7) is 3.69. The average molecular weight is 326 g/mol. The summed E-state index contributed by atoms with van der Waals surface area (Å²) < 4.78 is 22.9. The molecule has 6 heteroatoms. The van der Waals surface area contributed by atoms with Gasteiger partial charge < -0.3 is 24.1 Å². The highest BCUT2D eigenvalue weighted by Gasteiger charge is 2.56. The second kappa shape index (κ2) is 6.47. The molecular formula is C16H22O5S. The summed E-state index contributed by atoms with van der Waals surface area (Å²) in [6.07, 6.45) is -2.23. The molecule has 1 aromatic carbocycles. The predicted octanol–water partition coefficient (Wildman–Crippen LogP) is 2.03. The first-order valence-corrected chi connectivity index (χ1v) is 8.38. The molecule has 2 aliphatic rings. The van der Waals surface area contributed by atoms with Gasteiger partial charge in [-0.15, -0.1) is 11.8 Å². The third-order valence-corrected chi connectivity index (χ3v) is 4.96. The molecule has 1 N–H and O–H groups in total. The molecule has 2 fully saturated rings. The molecule has 2 heterocycles. The molecule has 1 unspecified atom stereocenters. The average Bonchev–Trinajstić information content (AvgIpc) is 2.97. The first-order valence-electron chi connectivity index (χ1n) is 7.40.